The molecule has 0 aliphatic rings. The number of amides is 1. The first-order valence-corrected chi connectivity index (χ1v) is 6.37. The van der Waals surface area contributed by atoms with Crippen LogP contribution in [-0.4, -0.2) is 15.8 Å². The van der Waals surface area contributed by atoms with Gasteiger partial charge < -0.3 is 5.32 Å². The fourth-order valence-electron chi connectivity index (χ4n) is 1.28. The molecule has 1 heterocycles. The summed E-state index contributed by atoms with van der Waals surface area (Å²) < 4.78 is 0. The summed E-state index contributed by atoms with van der Waals surface area (Å²) in [6, 6.07) is 1.71. The van der Waals surface area contributed by atoms with Gasteiger partial charge in [0, 0.05) is 25.3 Å². The molecule has 0 saturated heterocycles. The van der Waals surface area contributed by atoms with Crippen LogP contribution in [0, 0.1) is 17.0 Å². The molecule has 1 amide bonds. The van der Waals surface area contributed by atoms with Crippen molar-refractivity contribution in [2.24, 2.45) is 0 Å². The Kier molecular flexibility index (Phi) is 6.29. The van der Waals surface area contributed by atoms with Crippen LogP contribution in [0.4, 0.5) is 5.69 Å². The van der Waals surface area contributed by atoms with Crippen molar-refractivity contribution in [3.8, 4) is 0 Å². The Morgan fingerprint density at radius 2 is 2.14 bits per heavy atom. The van der Waals surface area contributed by atoms with Crippen molar-refractivity contribution in [3.63, 3.8) is 0 Å². The zero-order chi connectivity index (χ0) is 15.8. The maximum absolute atomic E-state index is 11.6. The van der Waals surface area contributed by atoms with Gasteiger partial charge in [-0.1, -0.05) is 29.8 Å². The average molecular weight is 308 g/mol. The minimum Gasteiger partial charge on any atom is -0.320 e. The Hall–Kier alpha value is -2.47. The first kappa shape index (κ1) is 16.6. The number of hydrogen-bond acceptors (Lipinski definition) is 4. The van der Waals surface area contributed by atoms with Gasteiger partial charge in [0.05, 0.1) is 10.6 Å². The van der Waals surface area contributed by atoms with Crippen LogP contribution in [0.15, 0.2) is 48.3 Å². The third kappa shape index (κ3) is 6.01. The van der Waals surface area contributed by atoms with Crippen LogP contribution in [0.1, 0.15) is 12.5 Å². The van der Waals surface area contributed by atoms with E-state index < -0.39 is 4.92 Å². The highest BCUT2D eigenvalue weighted by Gasteiger charge is 2.04. The second-order valence-electron chi connectivity index (χ2n) is 4.15. The lowest BCUT2D eigenvalue weighted by atomic mass is 10.3. The first-order valence-electron chi connectivity index (χ1n) is 5.99. The normalized spacial score (nSPS) is 12.0. The summed E-state index contributed by atoms with van der Waals surface area (Å²) in [6.45, 7) is 3.22. The summed E-state index contributed by atoms with van der Waals surface area (Å²) in [5.41, 5.74) is 1.32. The van der Waals surface area contributed by atoms with E-state index in [-0.39, 0.29) is 16.8 Å². The van der Waals surface area contributed by atoms with Crippen molar-refractivity contribution < 1.29 is 9.72 Å². The number of rotatable bonds is 5. The third-order valence-corrected chi connectivity index (χ3v) is 2.63. The number of halogens is 1. The van der Waals surface area contributed by atoms with E-state index >= 15 is 0 Å². The molecule has 0 atom stereocenters. The molecule has 21 heavy (non-hydrogen) atoms. The molecule has 0 fully saturated rings. The van der Waals surface area contributed by atoms with Gasteiger partial charge in [0.25, 0.3) is 0 Å². The van der Waals surface area contributed by atoms with Gasteiger partial charge in [-0.25, -0.2) is 4.98 Å². The monoisotopic (exact) mass is 307 g/mol. The second-order valence-corrected chi connectivity index (χ2v) is 4.51. The number of aryl methyl sites for hydroxylation is 1. The largest absolute Gasteiger partial charge is 0.320 e. The molecule has 0 unspecified atom stereocenters. The molecule has 0 radical (unpaired) electrons. The Labute approximate surface area is 127 Å². The van der Waals surface area contributed by atoms with Gasteiger partial charge >= 0.3 is 0 Å². The van der Waals surface area contributed by atoms with E-state index in [1.807, 2.05) is 6.92 Å². The van der Waals surface area contributed by atoms with Crippen LogP contribution < -0.4 is 5.32 Å². The second kappa shape index (κ2) is 7.96. The molecule has 1 aromatic rings. The summed E-state index contributed by atoms with van der Waals surface area (Å²) in [6.07, 6.45) is 8.68. The summed E-state index contributed by atoms with van der Waals surface area (Å²) >= 11 is 5.85. The molecule has 7 heteroatoms. The van der Waals surface area contributed by atoms with E-state index in [0.717, 1.165) is 5.56 Å². The van der Waals surface area contributed by atoms with Crippen LogP contribution in [0.25, 0.3) is 0 Å². The van der Waals surface area contributed by atoms with Gasteiger partial charge in [-0.05, 0) is 18.6 Å². The maximum atomic E-state index is 11.6. The van der Waals surface area contributed by atoms with E-state index in [0.29, 0.717) is 5.69 Å². The molecular formula is C14H14ClN3O3. The van der Waals surface area contributed by atoms with Crippen molar-refractivity contribution in [2.75, 3.05) is 5.32 Å². The van der Waals surface area contributed by atoms with Crippen molar-refractivity contribution in [2.45, 2.75) is 13.8 Å². The minimum atomic E-state index is -0.493. The van der Waals surface area contributed by atoms with Crippen LogP contribution in [0.3, 0.4) is 0 Å². The van der Waals surface area contributed by atoms with E-state index in [1.54, 1.807) is 12.3 Å². The molecular weight excluding hydrogens is 294 g/mol. The number of carbonyl (C=O) groups excluding carboxylic acids is 1. The fourth-order valence-corrected chi connectivity index (χ4v) is 1.43. The lowest BCUT2D eigenvalue weighted by Crippen LogP contribution is -2.08. The highest BCUT2D eigenvalue weighted by atomic mass is 35.5. The predicted octanol–water partition coefficient (Wildman–Crippen LogP) is 3.27. The molecule has 0 spiro atoms. The van der Waals surface area contributed by atoms with E-state index in [2.05, 4.69) is 10.3 Å². The highest BCUT2D eigenvalue weighted by molar-refractivity contribution is 6.32. The SMILES string of the molecule is C\C(=C/C=C\C=C\C(=O)Nc1cc(C)cnc1Cl)[N+](=O)[O-]. The Morgan fingerprint density at radius 3 is 2.81 bits per heavy atom. The van der Waals surface area contributed by atoms with Crippen molar-refractivity contribution in [1.29, 1.82) is 0 Å². The zero-order valence-electron chi connectivity index (χ0n) is 11.5. The van der Waals surface area contributed by atoms with Crippen LogP contribution in [-0.2, 0) is 4.79 Å². The Bertz CT molecular complexity index is 636. The predicted molar refractivity (Wildman–Crippen MR) is 81.6 cm³/mol. The highest BCUT2D eigenvalue weighted by Crippen LogP contribution is 2.19. The van der Waals surface area contributed by atoms with Crippen molar-refractivity contribution >= 4 is 23.2 Å². The number of allylic oxidation sites excluding steroid dienone is 5. The fraction of sp³-hybridized carbons (Fsp3) is 0.143. The molecule has 1 aromatic heterocycles. The summed E-state index contributed by atoms with van der Waals surface area (Å²) in [5, 5.41) is 13.1. The van der Waals surface area contributed by atoms with Gasteiger partial charge in [0.1, 0.15) is 0 Å². The number of aromatic nitrogens is 1. The quantitative estimate of drug-likeness (QED) is 0.297. The summed E-state index contributed by atoms with van der Waals surface area (Å²) in [5.74, 6) is -0.371. The molecule has 0 bridgehead atoms. The van der Waals surface area contributed by atoms with Crippen LogP contribution in [0.5, 0.6) is 0 Å². The van der Waals surface area contributed by atoms with Gasteiger partial charge in [-0.15, -0.1) is 0 Å². The maximum Gasteiger partial charge on any atom is 0.248 e. The standard InChI is InChI=1S/C14H14ClN3O3/c1-10-8-12(14(15)16-9-10)17-13(19)7-5-3-4-6-11(2)18(20)21/h3-9H,1-2H3,(H,17,19)/b4-3-,7-5+,11-6+. The third-order valence-electron chi connectivity index (χ3n) is 2.33. The first-order chi connectivity index (χ1) is 9.90. The minimum absolute atomic E-state index is 0.0155. The van der Waals surface area contributed by atoms with Crippen molar-refractivity contribution in [1.82, 2.24) is 4.98 Å². The Balaban J connectivity index is 2.60. The topological polar surface area (TPSA) is 85.1 Å². The lowest BCUT2D eigenvalue weighted by molar-refractivity contribution is -0.424. The molecule has 110 valence electrons. The smallest absolute Gasteiger partial charge is 0.248 e. The van der Waals surface area contributed by atoms with E-state index in [4.69, 9.17) is 11.6 Å². The molecule has 0 aliphatic heterocycles. The summed E-state index contributed by atoms with van der Waals surface area (Å²) in [7, 11) is 0. The number of nitrogens with zero attached hydrogens (tertiary/aromatic N) is 2. The molecule has 0 aromatic carbocycles. The average Bonchev–Trinajstić information content (AvgIpc) is 2.42. The molecule has 1 rings (SSSR count). The number of anilines is 1. The Morgan fingerprint density at radius 1 is 1.43 bits per heavy atom. The molecule has 0 saturated carbocycles. The van der Waals surface area contributed by atoms with Gasteiger partial charge in [0.15, 0.2) is 5.15 Å². The number of carbonyl (C=O) groups is 1. The van der Waals surface area contributed by atoms with E-state index in [1.165, 1.54) is 37.3 Å². The molecule has 0 aliphatic carbocycles. The molecule has 1 N–H and O–H groups in total. The van der Waals surface area contributed by atoms with Crippen LogP contribution >= 0.6 is 11.6 Å². The van der Waals surface area contributed by atoms with E-state index in [9.17, 15) is 14.9 Å². The number of hydrogen-bond donors (Lipinski definition) is 1. The zero-order valence-corrected chi connectivity index (χ0v) is 12.3. The van der Waals surface area contributed by atoms with Gasteiger partial charge in [0.2, 0.25) is 11.6 Å². The molecule has 6 nitrogen and oxygen atoms in total. The summed E-state index contributed by atoms with van der Waals surface area (Å²) in [4.78, 5) is 25.4. The van der Waals surface area contributed by atoms with Gasteiger partial charge in [-0.3, -0.25) is 14.9 Å². The lowest BCUT2D eigenvalue weighted by Gasteiger charge is -2.04. The van der Waals surface area contributed by atoms with Gasteiger partial charge in [-0.2, -0.15) is 0 Å². The van der Waals surface area contributed by atoms with Crippen molar-refractivity contribution in [3.05, 3.63) is 69.2 Å². The number of nitrogens with one attached hydrogen (secondary N) is 1. The van der Waals surface area contributed by atoms with Crippen LogP contribution in [0.2, 0.25) is 5.15 Å². The number of pyridine rings is 1. The number of nitro groups is 1.